The van der Waals surface area contributed by atoms with Crippen LogP contribution >= 0.6 is 0 Å². The van der Waals surface area contributed by atoms with Crippen molar-refractivity contribution in [2.75, 3.05) is 19.8 Å². The maximum absolute atomic E-state index is 11.7. The molecule has 2 aliphatic rings. The summed E-state index contributed by atoms with van der Waals surface area (Å²) >= 11 is 0. The monoisotopic (exact) mass is 252 g/mol. The third-order valence-corrected chi connectivity index (χ3v) is 3.38. The van der Waals surface area contributed by atoms with Crippen molar-refractivity contribution in [2.24, 2.45) is 0 Å². The third kappa shape index (κ3) is 1.81. The summed E-state index contributed by atoms with van der Waals surface area (Å²) in [6.07, 6.45) is 3.13. The van der Waals surface area contributed by atoms with Crippen molar-refractivity contribution in [3.8, 4) is 0 Å². The highest BCUT2D eigenvalue weighted by Crippen LogP contribution is 2.32. The summed E-state index contributed by atoms with van der Waals surface area (Å²) in [4.78, 5) is 15.9. The number of carbonyl (C=O) groups excluding carboxylic acids is 1. The Bertz CT molecular complexity index is 463. The average molecular weight is 252 g/mol. The summed E-state index contributed by atoms with van der Waals surface area (Å²) in [5.74, 6) is -0.866. The van der Waals surface area contributed by atoms with Crippen molar-refractivity contribution in [3.63, 3.8) is 0 Å². The van der Waals surface area contributed by atoms with Gasteiger partial charge in [-0.3, -0.25) is 0 Å². The van der Waals surface area contributed by atoms with Crippen molar-refractivity contribution in [2.45, 2.75) is 32.1 Å². The van der Waals surface area contributed by atoms with E-state index in [4.69, 9.17) is 14.2 Å². The molecule has 18 heavy (non-hydrogen) atoms. The lowest BCUT2D eigenvalue weighted by Gasteiger charge is -2.32. The molecule has 1 fully saturated rings. The van der Waals surface area contributed by atoms with Crippen LogP contribution in [0.4, 0.5) is 0 Å². The van der Waals surface area contributed by atoms with Gasteiger partial charge in [0.2, 0.25) is 0 Å². The SMILES string of the molecule is CCOC(=O)c1ncn2c1CCC1(C2)OCCO1. The number of carbonyl (C=O) groups is 1. The fourth-order valence-corrected chi connectivity index (χ4v) is 2.56. The van der Waals surface area contributed by atoms with Gasteiger partial charge < -0.3 is 18.8 Å². The molecule has 6 heteroatoms. The number of fused-ring (bicyclic) bond motifs is 1. The second-order valence-electron chi connectivity index (χ2n) is 4.50. The highest BCUT2D eigenvalue weighted by molar-refractivity contribution is 5.88. The highest BCUT2D eigenvalue weighted by atomic mass is 16.7. The third-order valence-electron chi connectivity index (χ3n) is 3.38. The number of nitrogens with zero attached hydrogens (tertiary/aromatic N) is 2. The van der Waals surface area contributed by atoms with E-state index in [0.29, 0.717) is 38.5 Å². The fourth-order valence-electron chi connectivity index (χ4n) is 2.56. The Morgan fingerprint density at radius 2 is 2.33 bits per heavy atom. The van der Waals surface area contributed by atoms with Crippen LogP contribution in [0.15, 0.2) is 6.33 Å². The lowest BCUT2D eigenvalue weighted by atomic mass is 10.0. The van der Waals surface area contributed by atoms with Crippen LogP contribution in [0.3, 0.4) is 0 Å². The number of ether oxygens (including phenoxy) is 3. The van der Waals surface area contributed by atoms with E-state index in [1.165, 1.54) is 0 Å². The molecule has 1 spiro atoms. The van der Waals surface area contributed by atoms with E-state index < -0.39 is 5.79 Å². The van der Waals surface area contributed by atoms with Gasteiger partial charge in [-0.15, -0.1) is 0 Å². The molecule has 0 saturated carbocycles. The zero-order valence-corrected chi connectivity index (χ0v) is 10.3. The first kappa shape index (κ1) is 11.7. The Hall–Kier alpha value is -1.40. The van der Waals surface area contributed by atoms with Gasteiger partial charge in [0.25, 0.3) is 0 Å². The number of hydrogen-bond acceptors (Lipinski definition) is 5. The molecule has 3 rings (SSSR count). The minimum Gasteiger partial charge on any atom is -0.461 e. The van der Waals surface area contributed by atoms with Gasteiger partial charge in [0.15, 0.2) is 11.5 Å². The van der Waals surface area contributed by atoms with Crippen LogP contribution in [0.5, 0.6) is 0 Å². The molecule has 6 nitrogen and oxygen atoms in total. The van der Waals surface area contributed by atoms with Gasteiger partial charge in [-0.1, -0.05) is 0 Å². The van der Waals surface area contributed by atoms with E-state index in [0.717, 1.165) is 12.1 Å². The van der Waals surface area contributed by atoms with E-state index >= 15 is 0 Å². The minimum absolute atomic E-state index is 0.351. The molecule has 1 saturated heterocycles. The van der Waals surface area contributed by atoms with Crippen molar-refractivity contribution in [3.05, 3.63) is 17.7 Å². The van der Waals surface area contributed by atoms with Crippen LogP contribution in [0, 0.1) is 0 Å². The van der Waals surface area contributed by atoms with Gasteiger partial charge >= 0.3 is 5.97 Å². The quantitative estimate of drug-likeness (QED) is 0.727. The summed E-state index contributed by atoms with van der Waals surface area (Å²) in [6, 6.07) is 0. The zero-order chi connectivity index (χ0) is 12.6. The van der Waals surface area contributed by atoms with Crippen LogP contribution in [-0.4, -0.2) is 41.1 Å². The van der Waals surface area contributed by atoms with Gasteiger partial charge in [0, 0.05) is 6.42 Å². The molecule has 0 bridgehead atoms. The van der Waals surface area contributed by atoms with Gasteiger partial charge in [0.05, 0.1) is 38.4 Å². The molecular weight excluding hydrogens is 236 g/mol. The Labute approximate surface area is 105 Å². The van der Waals surface area contributed by atoms with Crippen LogP contribution in [0.25, 0.3) is 0 Å². The lowest BCUT2D eigenvalue weighted by Crippen LogP contribution is -2.40. The van der Waals surface area contributed by atoms with Crippen molar-refractivity contribution < 1.29 is 19.0 Å². The molecule has 98 valence electrons. The normalized spacial score (nSPS) is 20.9. The molecule has 3 heterocycles. The zero-order valence-electron chi connectivity index (χ0n) is 10.3. The first-order valence-corrected chi connectivity index (χ1v) is 6.23. The van der Waals surface area contributed by atoms with Gasteiger partial charge in [0.1, 0.15) is 0 Å². The first-order valence-electron chi connectivity index (χ1n) is 6.23. The summed E-state index contributed by atoms with van der Waals surface area (Å²) < 4.78 is 18.3. The van der Waals surface area contributed by atoms with Crippen LogP contribution in [0.1, 0.15) is 29.5 Å². The molecule has 0 N–H and O–H groups in total. The molecule has 0 aromatic carbocycles. The molecule has 0 atom stereocenters. The highest BCUT2D eigenvalue weighted by Gasteiger charge is 2.41. The van der Waals surface area contributed by atoms with Gasteiger partial charge in [-0.25, -0.2) is 9.78 Å². The van der Waals surface area contributed by atoms with Gasteiger partial charge in [-0.05, 0) is 13.3 Å². The summed E-state index contributed by atoms with van der Waals surface area (Å²) in [5.41, 5.74) is 1.34. The van der Waals surface area contributed by atoms with Crippen molar-refractivity contribution >= 4 is 5.97 Å². The molecule has 0 amide bonds. The van der Waals surface area contributed by atoms with E-state index in [1.54, 1.807) is 13.3 Å². The minimum atomic E-state index is -0.514. The predicted molar refractivity (Wildman–Crippen MR) is 61.1 cm³/mol. The molecule has 2 aliphatic heterocycles. The second kappa shape index (κ2) is 4.37. The summed E-state index contributed by atoms with van der Waals surface area (Å²) in [6.45, 7) is 4.01. The maximum atomic E-state index is 11.7. The molecule has 1 aromatic rings. The van der Waals surface area contributed by atoms with Crippen LogP contribution < -0.4 is 0 Å². The molecule has 1 aromatic heterocycles. The maximum Gasteiger partial charge on any atom is 0.358 e. The Morgan fingerprint density at radius 1 is 1.56 bits per heavy atom. The largest absolute Gasteiger partial charge is 0.461 e. The number of aromatic nitrogens is 2. The lowest BCUT2D eigenvalue weighted by molar-refractivity contribution is -0.177. The standard InChI is InChI=1S/C12H16N2O4/c1-2-16-11(15)10-9-3-4-12(17-5-6-18-12)7-14(9)8-13-10/h8H,2-7H2,1H3. The number of hydrogen-bond donors (Lipinski definition) is 0. The van der Waals surface area contributed by atoms with Crippen molar-refractivity contribution in [1.29, 1.82) is 0 Å². The Kier molecular flexibility index (Phi) is 2.83. The van der Waals surface area contributed by atoms with Gasteiger partial charge in [-0.2, -0.15) is 0 Å². The smallest absolute Gasteiger partial charge is 0.358 e. The topological polar surface area (TPSA) is 62.6 Å². The average Bonchev–Trinajstić information content (AvgIpc) is 2.97. The van der Waals surface area contributed by atoms with E-state index in [-0.39, 0.29) is 5.97 Å². The van der Waals surface area contributed by atoms with Crippen molar-refractivity contribution in [1.82, 2.24) is 9.55 Å². The summed E-state index contributed by atoms with van der Waals surface area (Å²) in [5, 5.41) is 0. The van der Waals surface area contributed by atoms with Crippen LogP contribution in [0.2, 0.25) is 0 Å². The van der Waals surface area contributed by atoms with E-state index in [1.807, 2.05) is 4.57 Å². The molecular formula is C12H16N2O4. The number of rotatable bonds is 2. The second-order valence-corrected chi connectivity index (χ2v) is 4.50. The summed E-state index contributed by atoms with van der Waals surface area (Å²) in [7, 11) is 0. The molecule has 0 unspecified atom stereocenters. The number of imidazole rings is 1. The van der Waals surface area contributed by atoms with E-state index in [2.05, 4.69) is 4.98 Å². The first-order chi connectivity index (χ1) is 8.74. The fraction of sp³-hybridized carbons (Fsp3) is 0.667. The predicted octanol–water partition coefficient (Wildman–Crippen LogP) is 0.749. The molecule has 0 radical (unpaired) electrons. The van der Waals surface area contributed by atoms with Crippen LogP contribution in [-0.2, 0) is 27.2 Å². The molecule has 0 aliphatic carbocycles. The number of esters is 1. The van der Waals surface area contributed by atoms with E-state index in [9.17, 15) is 4.79 Å². The Morgan fingerprint density at radius 3 is 3.06 bits per heavy atom. The Balaban J connectivity index is 1.84.